The number of aliphatic hydroxyl groups is 1. The molecule has 0 bridgehead atoms. The molecule has 1 nitrogen and oxygen atoms in total. The van der Waals surface area contributed by atoms with Gasteiger partial charge in [0.05, 0.1) is 8.07 Å². The number of hydrogen-bond donors (Lipinski definition) is 1. The summed E-state index contributed by atoms with van der Waals surface area (Å²) in [6.07, 6.45) is 0.912. The SMILES string of the molecule is CC[C@@H](O)[Si](C)(C)C. The number of aliphatic hydroxyl groups excluding tert-OH is 1. The van der Waals surface area contributed by atoms with Gasteiger partial charge in [-0.25, -0.2) is 0 Å². The minimum Gasteiger partial charge on any atom is -0.397 e. The van der Waals surface area contributed by atoms with E-state index < -0.39 is 8.07 Å². The van der Waals surface area contributed by atoms with Gasteiger partial charge in [0, 0.05) is 5.73 Å². The Kier molecular flexibility index (Phi) is 2.70. The summed E-state index contributed by atoms with van der Waals surface area (Å²) in [4.78, 5) is 0. The average Bonchev–Trinajstić information content (AvgIpc) is 1.62. The molecule has 8 heavy (non-hydrogen) atoms. The second-order valence-electron chi connectivity index (χ2n) is 3.29. The highest BCUT2D eigenvalue weighted by Gasteiger charge is 2.21. The van der Waals surface area contributed by atoms with Gasteiger partial charge in [-0.3, -0.25) is 0 Å². The van der Waals surface area contributed by atoms with E-state index in [9.17, 15) is 5.11 Å². The van der Waals surface area contributed by atoms with E-state index in [0.29, 0.717) is 0 Å². The first-order chi connectivity index (χ1) is 3.48. The zero-order valence-electron chi connectivity index (χ0n) is 6.23. The molecular weight excluding hydrogens is 116 g/mol. The average molecular weight is 132 g/mol. The molecule has 0 aliphatic heterocycles. The number of rotatable bonds is 2. The van der Waals surface area contributed by atoms with Crippen LogP contribution in [0.4, 0.5) is 0 Å². The Morgan fingerprint density at radius 1 is 1.38 bits per heavy atom. The summed E-state index contributed by atoms with van der Waals surface area (Å²) in [7, 11) is -1.21. The molecule has 0 unspecified atom stereocenters. The third-order valence-corrected chi connectivity index (χ3v) is 3.79. The zero-order chi connectivity index (χ0) is 6.78. The molecule has 0 aliphatic carbocycles. The molecule has 0 heterocycles. The first-order valence-corrected chi connectivity index (χ1v) is 6.74. The van der Waals surface area contributed by atoms with Crippen LogP contribution in [0.2, 0.25) is 19.6 Å². The monoisotopic (exact) mass is 132 g/mol. The predicted octanol–water partition coefficient (Wildman–Crippen LogP) is 1.63. The second kappa shape index (κ2) is 2.64. The molecule has 1 atom stereocenters. The molecular formula is C6H16OSi. The molecule has 0 aromatic carbocycles. The Morgan fingerprint density at radius 2 is 1.75 bits per heavy atom. The maximum Gasteiger partial charge on any atom is 0.0781 e. The fraction of sp³-hybridized carbons (Fsp3) is 1.00. The van der Waals surface area contributed by atoms with Crippen LogP contribution in [0.1, 0.15) is 13.3 Å². The van der Waals surface area contributed by atoms with Crippen LogP contribution in [0, 0.1) is 0 Å². The van der Waals surface area contributed by atoms with Gasteiger partial charge >= 0.3 is 0 Å². The van der Waals surface area contributed by atoms with Crippen LogP contribution in [0.25, 0.3) is 0 Å². The van der Waals surface area contributed by atoms with E-state index in [1.165, 1.54) is 0 Å². The van der Waals surface area contributed by atoms with Gasteiger partial charge in [-0.15, -0.1) is 0 Å². The van der Waals surface area contributed by atoms with E-state index >= 15 is 0 Å². The second-order valence-corrected chi connectivity index (χ2v) is 8.69. The highest BCUT2D eigenvalue weighted by molar-refractivity contribution is 6.77. The van der Waals surface area contributed by atoms with Crippen molar-refractivity contribution < 1.29 is 5.11 Å². The summed E-state index contributed by atoms with van der Waals surface area (Å²) in [5.74, 6) is 0. The minimum absolute atomic E-state index is 0.0116. The van der Waals surface area contributed by atoms with Gasteiger partial charge < -0.3 is 5.11 Å². The lowest BCUT2D eigenvalue weighted by Gasteiger charge is -2.21. The summed E-state index contributed by atoms with van der Waals surface area (Å²) in [6.45, 7) is 8.58. The molecule has 0 saturated carbocycles. The lowest BCUT2D eigenvalue weighted by molar-refractivity contribution is 0.240. The Morgan fingerprint density at radius 3 is 1.75 bits per heavy atom. The molecule has 0 radical (unpaired) electrons. The fourth-order valence-corrected chi connectivity index (χ4v) is 1.84. The van der Waals surface area contributed by atoms with Crippen LogP contribution in [0.5, 0.6) is 0 Å². The van der Waals surface area contributed by atoms with Crippen LogP contribution < -0.4 is 0 Å². The Labute approximate surface area is 52.7 Å². The summed E-state index contributed by atoms with van der Waals surface area (Å²) in [6, 6.07) is 0. The molecule has 0 aromatic heterocycles. The van der Waals surface area contributed by atoms with Gasteiger partial charge in [0.25, 0.3) is 0 Å². The lowest BCUT2D eigenvalue weighted by Crippen LogP contribution is -2.37. The van der Waals surface area contributed by atoms with Gasteiger partial charge in [0.1, 0.15) is 0 Å². The van der Waals surface area contributed by atoms with Crippen LogP contribution in [0.15, 0.2) is 0 Å². The van der Waals surface area contributed by atoms with E-state index in [1.54, 1.807) is 0 Å². The van der Waals surface area contributed by atoms with Crippen molar-refractivity contribution in [2.24, 2.45) is 0 Å². The van der Waals surface area contributed by atoms with Crippen LogP contribution in [-0.4, -0.2) is 18.9 Å². The minimum atomic E-state index is -1.21. The van der Waals surface area contributed by atoms with Crippen molar-refractivity contribution in [1.29, 1.82) is 0 Å². The molecule has 0 spiro atoms. The summed E-state index contributed by atoms with van der Waals surface area (Å²) in [5.41, 5.74) is -0.0116. The molecule has 1 N–H and O–H groups in total. The van der Waals surface area contributed by atoms with E-state index in [4.69, 9.17) is 0 Å². The molecule has 0 aromatic rings. The fourth-order valence-electron chi connectivity index (χ4n) is 0.612. The molecule has 0 fully saturated rings. The third-order valence-electron chi connectivity index (χ3n) is 1.39. The summed E-state index contributed by atoms with van der Waals surface area (Å²) >= 11 is 0. The van der Waals surface area contributed by atoms with Crippen molar-refractivity contribution in [1.82, 2.24) is 0 Å². The molecule has 0 rings (SSSR count). The molecule has 0 aliphatic rings. The van der Waals surface area contributed by atoms with E-state index in [1.807, 2.05) is 6.92 Å². The Hall–Kier alpha value is 0.177. The summed E-state index contributed by atoms with van der Waals surface area (Å²) in [5, 5.41) is 9.26. The first kappa shape index (κ1) is 8.18. The first-order valence-electron chi connectivity index (χ1n) is 3.16. The maximum absolute atomic E-state index is 9.26. The van der Waals surface area contributed by atoms with E-state index in [0.717, 1.165) is 6.42 Å². The molecule has 0 amide bonds. The zero-order valence-corrected chi connectivity index (χ0v) is 7.23. The van der Waals surface area contributed by atoms with Gasteiger partial charge in [-0.2, -0.15) is 0 Å². The largest absolute Gasteiger partial charge is 0.397 e. The Bertz CT molecular complexity index is 65.4. The number of hydrogen-bond acceptors (Lipinski definition) is 1. The highest BCUT2D eigenvalue weighted by atomic mass is 28.3. The van der Waals surface area contributed by atoms with Crippen molar-refractivity contribution in [2.75, 3.05) is 0 Å². The van der Waals surface area contributed by atoms with Crippen LogP contribution in [0.3, 0.4) is 0 Å². The topological polar surface area (TPSA) is 20.2 Å². The molecule has 2 heteroatoms. The van der Waals surface area contributed by atoms with Crippen molar-refractivity contribution in [3.05, 3.63) is 0 Å². The van der Waals surface area contributed by atoms with Gasteiger partial charge in [-0.05, 0) is 6.42 Å². The molecule has 0 saturated heterocycles. The van der Waals surface area contributed by atoms with Crippen LogP contribution >= 0.6 is 0 Å². The molecule has 50 valence electrons. The third kappa shape index (κ3) is 2.48. The standard InChI is InChI=1S/C6H16OSi/c1-5-6(7)8(2,3)4/h6-7H,5H2,1-4H3/t6-/m0/s1. The van der Waals surface area contributed by atoms with Crippen molar-refractivity contribution in [2.45, 2.75) is 38.7 Å². The van der Waals surface area contributed by atoms with E-state index in [2.05, 4.69) is 19.6 Å². The van der Waals surface area contributed by atoms with Gasteiger partial charge in [0.2, 0.25) is 0 Å². The maximum atomic E-state index is 9.26. The van der Waals surface area contributed by atoms with Crippen molar-refractivity contribution in [3.63, 3.8) is 0 Å². The quantitative estimate of drug-likeness (QED) is 0.566. The van der Waals surface area contributed by atoms with E-state index in [-0.39, 0.29) is 5.73 Å². The van der Waals surface area contributed by atoms with Crippen molar-refractivity contribution in [3.8, 4) is 0 Å². The normalized spacial score (nSPS) is 16.1. The van der Waals surface area contributed by atoms with Gasteiger partial charge in [0.15, 0.2) is 0 Å². The lowest BCUT2D eigenvalue weighted by atomic mass is 10.5. The van der Waals surface area contributed by atoms with Crippen molar-refractivity contribution >= 4 is 8.07 Å². The van der Waals surface area contributed by atoms with Gasteiger partial charge in [-0.1, -0.05) is 26.6 Å². The van der Waals surface area contributed by atoms with Crippen LogP contribution in [-0.2, 0) is 0 Å². The highest BCUT2D eigenvalue weighted by Crippen LogP contribution is 2.09. The Balaban J connectivity index is 3.62. The smallest absolute Gasteiger partial charge is 0.0781 e. The predicted molar refractivity (Wildman–Crippen MR) is 39.6 cm³/mol. The summed E-state index contributed by atoms with van der Waals surface area (Å²) < 4.78 is 0.